The van der Waals surface area contributed by atoms with Crippen LogP contribution >= 0.6 is 0 Å². The van der Waals surface area contributed by atoms with Crippen LogP contribution in [0.4, 0.5) is 5.82 Å². The van der Waals surface area contributed by atoms with Gasteiger partial charge in [-0.25, -0.2) is 0 Å². The number of benzene rings is 2. The molecule has 0 radical (unpaired) electrons. The Balaban J connectivity index is 0.881. The topological polar surface area (TPSA) is 128 Å². The number of aromatic amines is 1. The molecule has 234 valence electrons. The fourth-order valence-electron chi connectivity index (χ4n) is 7.51. The number of carbonyl (C=O) groups is 4. The minimum absolute atomic E-state index is 0.0612. The van der Waals surface area contributed by atoms with Crippen molar-refractivity contribution >= 4 is 29.4 Å². The summed E-state index contributed by atoms with van der Waals surface area (Å²) in [5, 5.41) is 12.7. The van der Waals surface area contributed by atoms with Crippen LogP contribution in [0.2, 0.25) is 0 Å². The van der Waals surface area contributed by atoms with E-state index in [0.29, 0.717) is 42.6 Å². The molecule has 2 saturated heterocycles. The predicted octanol–water partition coefficient (Wildman–Crippen LogP) is 4.39. The maximum absolute atomic E-state index is 13.0. The molecule has 1 aromatic heterocycles. The Morgan fingerprint density at radius 2 is 1.64 bits per heavy atom. The third-order valence-electron chi connectivity index (χ3n) is 10.1. The first kappa shape index (κ1) is 29.4. The van der Waals surface area contributed by atoms with Gasteiger partial charge in [0.1, 0.15) is 6.04 Å². The molecule has 7 rings (SSSR count). The number of H-pyrrole nitrogens is 1. The summed E-state index contributed by atoms with van der Waals surface area (Å²) in [7, 11) is 0. The average Bonchev–Trinajstić information content (AvgIpc) is 3.80. The number of fused-ring (bicyclic) bond motifs is 1. The van der Waals surface area contributed by atoms with Crippen molar-refractivity contribution in [1.82, 2.24) is 25.3 Å². The highest BCUT2D eigenvalue weighted by molar-refractivity contribution is 6.05. The second-order valence-electron chi connectivity index (χ2n) is 13.1. The smallest absolute Gasteiger partial charge is 0.255 e. The number of rotatable bonds is 8. The van der Waals surface area contributed by atoms with Crippen LogP contribution in [0.3, 0.4) is 0 Å². The van der Waals surface area contributed by atoms with Crippen LogP contribution in [0.15, 0.2) is 48.5 Å². The van der Waals surface area contributed by atoms with Crippen LogP contribution in [-0.2, 0) is 33.9 Å². The lowest BCUT2D eigenvalue weighted by Gasteiger charge is -2.32. The molecule has 4 aliphatic rings. The van der Waals surface area contributed by atoms with Gasteiger partial charge in [-0.2, -0.15) is 5.10 Å². The molecule has 0 spiro atoms. The zero-order chi connectivity index (χ0) is 30.9. The first-order valence-electron chi connectivity index (χ1n) is 16.3. The number of hydrogen-bond donors (Lipinski definition) is 3. The summed E-state index contributed by atoms with van der Waals surface area (Å²) in [6.45, 7) is 3.25. The van der Waals surface area contributed by atoms with Crippen LogP contribution in [0, 0.1) is 0 Å². The van der Waals surface area contributed by atoms with E-state index in [0.717, 1.165) is 49.3 Å². The summed E-state index contributed by atoms with van der Waals surface area (Å²) >= 11 is 0. The molecule has 1 aliphatic carbocycles. The number of piperidine rings is 2. The van der Waals surface area contributed by atoms with E-state index in [9.17, 15) is 19.2 Å². The van der Waals surface area contributed by atoms with E-state index in [2.05, 4.69) is 50.0 Å². The Morgan fingerprint density at radius 3 is 2.40 bits per heavy atom. The number of nitrogens with one attached hydrogen (secondary N) is 3. The highest BCUT2D eigenvalue weighted by atomic mass is 16.2. The summed E-state index contributed by atoms with van der Waals surface area (Å²) in [6, 6.07) is 15.8. The highest BCUT2D eigenvalue weighted by Crippen LogP contribution is 2.35. The first-order valence-corrected chi connectivity index (χ1v) is 16.3. The molecule has 1 saturated carbocycles. The molecule has 3 aromatic rings. The van der Waals surface area contributed by atoms with E-state index in [4.69, 9.17) is 0 Å². The third kappa shape index (κ3) is 6.42. The first-order chi connectivity index (χ1) is 21.9. The van der Waals surface area contributed by atoms with E-state index in [1.54, 1.807) is 4.90 Å². The monoisotopic (exact) mass is 608 g/mol. The lowest BCUT2D eigenvalue weighted by atomic mass is 9.87. The van der Waals surface area contributed by atoms with Gasteiger partial charge in [0.25, 0.3) is 5.91 Å². The fourth-order valence-corrected chi connectivity index (χ4v) is 7.51. The standard InChI is InChI=1S/C35H40N6O4/c42-32-12-11-30(34(44)37-32)41-21-27-18-26(9-10-28(27)35(41)45)24-13-15-40(16-14-24)20-23-7-5-22(6-8-23)17-33(43)36-31-19-29(38-39-31)25-3-1-2-4-25/h5-10,18-19,24-25,30H,1-4,11-17,20-21H2,(H,37,42,44)(H2,36,38,39,43). The largest absolute Gasteiger partial charge is 0.322 e. The van der Waals surface area contributed by atoms with Crippen molar-refractivity contribution in [3.63, 3.8) is 0 Å². The summed E-state index contributed by atoms with van der Waals surface area (Å²) in [5.74, 6) is 0.725. The summed E-state index contributed by atoms with van der Waals surface area (Å²) in [5.41, 5.74) is 6.22. The van der Waals surface area contributed by atoms with E-state index in [-0.39, 0.29) is 30.0 Å². The van der Waals surface area contributed by atoms with Crippen molar-refractivity contribution in [3.8, 4) is 0 Å². The molecule has 10 heteroatoms. The quantitative estimate of drug-likeness (QED) is 0.326. The molecule has 10 nitrogen and oxygen atoms in total. The predicted molar refractivity (Wildman–Crippen MR) is 168 cm³/mol. The Labute approximate surface area is 262 Å². The zero-order valence-corrected chi connectivity index (χ0v) is 25.5. The van der Waals surface area contributed by atoms with Crippen LogP contribution in [0.5, 0.6) is 0 Å². The molecule has 3 fully saturated rings. The van der Waals surface area contributed by atoms with Gasteiger partial charge < -0.3 is 10.2 Å². The van der Waals surface area contributed by atoms with Gasteiger partial charge >= 0.3 is 0 Å². The van der Waals surface area contributed by atoms with Gasteiger partial charge in [0.05, 0.1) is 6.42 Å². The number of aromatic nitrogens is 2. The lowest BCUT2D eigenvalue weighted by molar-refractivity contribution is -0.137. The molecule has 45 heavy (non-hydrogen) atoms. The molecule has 3 aliphatic heterocycles. The zero-order valence-electron chi connectivity index (χ0n) is 25.5. The summed E-state index contributed by atoms with van der Waals surface area (Å²) in [4.78, 5) is 53.7. The van der Waals surface area contributed by atoms with Crippen LogP contribution in [0.25, 0.3) is 0 Å². The average molecular weight is 609 g/mol. The van der Waals surface area contributed by atoms with Gasteiger partial charge in [0, 0.05) is 42.8 Å². The lowest BCUT2D eigenvalue weighted by Crippen LogP contribution is -2.52. The molecule has 2 aromatic carbocycles. The number of imide groups is 1. The SMILES string of the molecule is O=C1CCC(N2Cc3cc(C4CCN(Cc5ccc(CC(=O)Nc6cc(C7CCCC7)[nH]n6)cc5)CC4)ccc3C2=O)C(=O)N1. The van der Waals surface area contributed by atoms with Crippen molar-refractivity contribution in [2.45, 2.75) is 88.8 Å². The number of likely N-dealkylation sites (tertiary alicyclic amines) is 1. The van der Waals surface area contributed by atoms with Gasteiger partial charge in [-0.3, -0.25) is 34.5 Å². The Hall–Kier alpha value is -4.31. The molecule has 1 atom stereocenters. The van der Waals surface area contributed by atoms with Gasteiger partial charge in [0.2, 0.25) is 17.7 Å². The van der Waals surface area contributed by atoms with Gasteiger partial charge in [-0.05, 0) is 79.4 Å². The Bertz CT molecular complexity index is 1600. The van der Waals surface area contributed by atoms with Gasteiger partial charge in [0.15, 0.2) is 5.82 Å². The number of carbonyl (C=O) groups excluding carboxylic acids is 4. The van der Waals surface area contributed by atoms with Crippen molar-refractivity contribution in [3.05, 3.63) is 82.0 Å². The maximum atomic E-state index is 13.0. The van der Waals surface area contributed by atoms with Crippen LogP contribution in [-0.4, -0.2) is 62.8 Å². The normalized spacial score (nSPS) is 21.3. The number of hydrogen-bond acceptors (Lipinski definition) is 6. The van der Waals surface area contributed by atoms with E-state index < -0.39 is 6.04 Å². The molecular weight excluding hydrogens is 568 g/mol. The van der Waals surface area contributed by atoms with Gasteiger partial charge in [-0.15, -0.1) is 0 Å². The molecule has 3 N–H and O–H groups in total. The van der Waals surface area contributed by atoms with Gasteiger partial charge in [-0.1, -0.05) is 49.2 Å². The second-order valence-corrected chi connectivity index (χ2v) is 13.1. The molecule has 4 amide bonds. The minimum atomic E-state index is -0.586. The highest BCUT2D eigenvalue weighted by Gasteiger charge is 2.39. The maximum Gasteiger partial charge on any atom is 0.255 e. The molecule has 0 bridgehead atoms. The number of amides is 4. The number of anilines is 1. The molecule has 1 unspecified atom stereocenters. The van der Waals surface area contributed by atoms with E-state index >= 15 is 0 Å². The van der Waals surface area contributed by atoms with E-state index in [1.807, 2.05) is 24.3 Å². The van der Waals surface area contributed by atoms with Crippen LogP contribution in [0.1, 0.15) is 102 Å². The Kier molecular flexibility index (Phi) is 8.23. The van der Waals surface area contributed by atoms with Crippen molar-refractivity contribution in [1.29, 1.82) is 0 Å². The van der Waals surface area contributed by atoms with Crippen molar-refractivity contribution in [2.24, 2.45) is 0 Å². The van der Waals surface area contributed by atoms with Crippen molar-refractivity contribution < 1.29 is 19.2 Å². The third-order valence-corrected chi connectivity index (χ3v) is 10.1. The van der Waals surface area contributed by atoms with Crippen LogP contribution < -0.4 is 10.6 Å². The van der Waals surface area contributed by atoms with Crippen molar-refractivity contribution in [2.75, 3.05) is 18.4 Å². The molecule has 4 heterocycles. The number of nitrogens with zero attached hydrogens (tertiary/aromatic N) is 3. The summed E-state index contributed by atoms with van der Waals surface area (Å²) in [6.07, 6.45) is 7.92. The van der Waals surface area contributed by atoms with E-state index in [1.165, 1.54) is 36.8 Å². The summed E-state index contributed by atoms with van der Waals surface area (Å²) < 4.78 is 0. The molecular formula is C35H40N6O4. The second kappa shape index (κ2) is 12.6. The Morgan fingerprint density at radius 1 is 0.889 bits per heavy atom. The fraction of sp³-hybridized carbons (Fsp3) is 0.457. The minimum Gasteiger partial charge on any atom is -0.322 e.